The van der Waals surface area contributed by atoms with E-state index in [2.05, 4.69) is 91.4 Å². The highest BCUT2D eigenvalue weighted by Crippen LogP contribution is 2.24. The van der Waals surface area contributed by atoms with Crippen LogP contribution in [0.1, 0.15) is 108 Å². The zero-order chi connectivity index (χ0) is 25.1. The van der Waals surface area contributed by atoms with E-state index in [1.807, 2.05) is 27.7 Å². The molecular formula is C32H54. The topological polar surface area (TPSA) is 0 Å². The molecule has 0 aliphatic rings. The lowest BCUT2D eigenvalue weighted by Gasteiger charge is -2.18. The average molecular weight is 439 g/mol. The minimum Gasteiger partial charge on any atom is -0.0998 e. The van der Waals surface area contributed by atoms with E-state index in [4.69, 9.17) is 0 Å². The summed E-state index contributed by atoms with van der Waals surface area (Å²) in [6, 6.07) is 13.4. The Morgan fingerprint density at radius 2 is 1.28 bits per heavy atom. The first kappa shape index (κ1) is 32.4. The Bertz CT molecular complexity index is 695. The summed E-state index contributed by atoms with van der Waals surface area (Å²) < 4.78 is 0. The van der Waals surface area contributed by atoms with E-state index in [0.29, 0.717) is 5.92 Å². The van der Waals surface area contributed by atoms with E-state index in [0.717, 1.165) is 12.8 Å². The summed E-state index contributed by atoms with van der Waals surface area (Å²) in [4.78, 5) is 0. The largest absolute Gasteiger partial charge is 0.0998 e. The van der Waals surface area contributed by atoms with Gasteiger partial charge >= 0.3 is 0 Å². The molecule has 0 nitrogen and oxygen atoms in total. The molecule has 32 heavy (non-hydrogen) atoms. The molecule has 182 valence electrons. The van der Waals surface area contributed by atoms with Crippen LogP contribution in [0.25, 0.3) is 0 Å². The second-order valence-electron chi connectivity index (χ2n) is 8.44. The Kier molecular flexibility index (Phi) is 20.1. The van der Waals surface area contributed by atoms with E-state index >= 15 is 0 Å². The molecule has 0 amide bonds. The van der Waals surface area contributed by atoms with Gasteiger partial charge in [0.2, 0.25) is 0 Å². The van der Waals surface area contributed by atoms with Crippen molar-refractivity contribution in [1.29, 1.82) is 0 Å². The molecular weight excluding hydrogens is 384 g/mol. The van der Waals surface area contributed by atoms with Crippen molar-refractivity contribution in [2.75, 3.05) is 0 Å². The fourth-order valence-electron chi connectivity index (χ4n) is 3.51. The molecule has 0 N–H and O–H groups in total. The first-order chi connectivity index (χ1) is 15.3. The van der Waals surface area contributed by atoms with E-state index in [1.54, 1.807) is 0 Å². The summed E-state index contributed by atoms with van der Waals surface area (Å²) in [5.74, 6) is 0.646. The third-order valence-corrected chi connectivity index (χ3v) is 5.85. The monoisotopic (exact) mass is 438 g/mol. The molecule has 0 saturated carbocycles. The number of hydrogen-bond acceptors (Lipinski definition) is 0. The van der Waals surface area contributed by atoms with E-state index < -0.39 is 0 Å². The first-order valence-corrected chi connectivity index (χ1v) is 13.1. The standard InChI is InChI=1S/C19H30.C9H12.2C2H6/c1-7-8-9-10-19(14(2)3)13-18-11-15(4)17(6)16(5)12-18;1-3-9-6-4-8(2)5-7-9;2*1-2/h11-12,19H,2,7-10,13H2,1,3-6H3;4-7H,3H2,1-2H3;2*1-2H3. The molecule has 2 aromatic rings. The highest BCUT2D eigenvalue weighted by Gasteiger charge is 2.11. The molecule has 0 saturated heterocycles. The predicted molar refractivity (Wildman–Crippen MR) is 150 cm³/mol. The van der Waals surface area contributed by atoms with Crippen molar-refractivity contribution in [3.05, 3.63) is 81.9 Å². The Labute approximate surface area is 202 Å². The number of benzene rings is 2. The molecule has 2 rings (SSSR count). The molecule has 0 spiro atoms. The summed E-state index contributed by atoms with van der Waals surface area (Å²) in [5, 5.41) is 0. The van der Waals surface area contributed by atoms with Gasteiger partial charge in [-0.25, -0.2) is 0 Å². The Morgan fingerprint density at radius 1 is 0.781 bits per heavy atom. The van der Waals surface area contributed by atoms with Gasteiger partial charge in [0, 0.05) is 0 Å². The summed E-state index contributed by atoms with van der Waals surface area (Å²) in [5.41, 5.74) is 9.85. The molecule has 0 radical (unpaired) electrons. The second-order valence-corrected chi connectivity index (χ2v) is 8.44. The number of rotatable bonds is 8. The Morgan fingerprint density at radius 3 is 1.69 bits per heavy atom. The molecule has 0 heterocycles. The van der Waals surface area contributed by atoms with Gasteiger partial charge in [0.25, 0.3) is 0 Å². The molecule has 0 bridgehead atoms. The van der Waals surface area contributed by atoms with Crippen molar-refractivity contribution >= 4 is 0 Å². The normalized spacial score (nSPS) is 10.5. The fourth-order valence-corrected chi connectivity index (χ4v) is 3.51. The van der Waals surface area contributed by atoms with E-state index in [1.165, 1.54) is 64.6 Å². The van der Waals surface area contributed by atoms with Crippen LogP contribution in [0.4, 0.5) is 0 Å². The van der Waals surface area contributed by atoms with Crippen molar-refractivity contribution in [3.63, 3.8) is 0 Å². The lowest BCUT2D eigenvalue weighted by atomic mass is 9.87. The van der Waals surface area contributed by atoms with Gasteiger partial charge < -0.3 is 0 Å². The summed E-state index contributed by atoms with van der Waals surface area (Å²) >= 11 is 0. The maximum atomic E-state index is 4.19. The molecule has 0 aliphatic carbocycles. The third-order valence-electron chi connectivity index (χ3n) is 5.85. The van der Waals surface area contributed by atoms with Crippen LogP contribution in [0.15, 0.2) is 48.6 Å². The van der Waals surface area contributed by atoms with Crippen LogP contribution in [0.5, 0.6) is 0 Å². The Hall–Kier alpha value is -1.82. The molecule has 0 heteroatoms. The number of unbranched alkanes of at least 4 members (excludes halogenated alkanes) is 2. The quantitative estimate of drug-likeness (QED) is 0.284. The number of aryl methyl sites for hydroxylation is 4. The zero-order valence-electron chi connectivity index (χ0n) is 23.5. The van der Waals surface area contributed by atoms with Gasteiger partial charge in [0.1, 0.15) is 0 Å². The molecule has 2 aromatic carbocycles. The smallest absolute Gasteiger partial charge is 0.0168 e. The summed E-state index contributed by atoms with van der Waals surface area (Å²) in [6.45, 7) is 27.6. The van der Waals surface area contributed by atoms with Crippen LogP contribution in [0.3, 0.4) is 0 Å². The van der Waals surface area contributed by atoms with Crippen molar-refractivity contribution in [3.8, 4) is 0 Å². The lowest BCUT2D eigenvalue weighted by Crippen LogP contribution is -2.07. The first-order valence-electron chi connectivity index (χ1n) is 13.1. The second kappa shape index (κ2) is 19.8. The lowest BCUT2D eigenvalue weighted by molar-refractivity contribution is 0.515. The molecule has 0 fully saturated rings. The van der Waals surface area contributed by atoms with Gasteiger partial charge in [0.05, 0.1) is 0 Å². The number of hydrogen-bond donors (Lipinski definition) is 0. The van der Waals surface area contributed by atoms with Crippen molar-refractivity contribution in [1.82, 2.24) is 0 Å². The van der Waals surface area contributed by atoms with Crippen LogP contribution in [-0.2, 0) is 12.8 Å². The summed E-state index contributed by atoms with van der Waals surface area (Å²) in [7, 11) is 0. The van der Waals surface area contributed by atoms with Crippen LogP contribution in [-0.4, -0.2) is 0 Å². The van der Waals surface area contributed by atoms with Gasteiger partial charge in [-0.05, 0) is 87.6 Å². The predicted octanol–water partition coefficient (Wildman–Crippen LogP) is 10.5. The minimum atomic E-state index is 0.646. The number of allylic oxidation sites excluding steroid dienone is 1. The maximum absolute atomic E-state index is 4.19. The van der Waals surface area contributed by atoms with Crippen LogP contribution in [0.2, 0.25) is 0 Å². The van der Waals surface area contributed by atoms with Crippen LogP contribution < -0.4 is 0 Å². The van der Waals surface area contributed by atoms with Gasteiger partial charge in [-0.2, -0.15) is 0 Å². The highest BCUT2D eigenvalue weighted by molar-refractivity contribution is 5.37. The molecule has 1 atom stereocenters. The Balaban J connectivity index is 0. The van der Waals surface area contributed by atoms with Crippen LogP contribution in [0, 0.1) is 33.6 Å². The minimum absolute atomic E-state index is 0.646. The van der Waals surface area contributed by atoms with Gasteiger partial charge in [0.15, 0.2) is 0 Å². The van der Waals surface area contributed by atoms with E-state index in [-0.39, 0.29) is 0 Å². The highest BCUT2D eigenvalue weighted by atomic mass is 14.2. The molecule has 0 aromatic heterocycles. The fraction of sp³-hybridized carbons (Fsp3) is 0.562. The average Bonchev–Trinajstić information content (AvgIpc) is 2.80. The van der Waals surface area contributed by atoms with Crippen molar-refractivity contribution in [2.45, 2.75) is 115 Å². The van der Waals surface area contributed by atoms with Gasteiger partial charge in [-0.15, -0.1) is 0 Å². The van der Waals surface area contributed by atoms with Crippen molar-refractivity contribution in [2.24, 2.45) is 5.92 Å². The van der Waals surface area contributed by atoms with Crippen molar-refractivity contribution < 1.29 is 0 Å². The van der Waals surface area contributed by atoms with E-state index in [9.17, 15) is 0 Å². The molecule has 1 unspecified atom stereocenters. The molecule has 0 aliphatic heterocycles. The van der Waals surface area contributed by atoms with Crippen LogP contribution >= 0.6 is 0 Å². The zero-order valence-corrected chi connectivity index (χ0v) is 23.5. The third kappa shape index (κ3) is 13.6. The van der Waals surface area contributed by atoms with Gasteiger partial charge in [-0.1, -0.05) is 115 Å². The maximum Gasteiger partial charge on any atom is -0.0168 e. The SMILES string of the molecule is C=C(C)C(CCCCC)Cc1cc(C)c(C)c(C)c1.CC.CC.CCc1ccc(C)cc1. The summed E-state index contributed by atoms with van der Waals surface area (Å²) in [6.07, 6.45) is 7.55. The van der Waals surface area contributed by atoms with Gasteiger partial charge in [-0.3, -0.25) is 0 Å².